The number of aliphatic carboxylic acids is 1. The summed E-state index contributed by atoms with van der Waals surface area (Å²) in [5.74, 6) is -0.450. The van der Waals surface area contributed by atoms with Crippen molar-refractivity contribution in [3.8, 4) is 0 Å². The number of ketones is 1. The number of unbranched alkanes of at least 4 members (excludes halogenated alkanes) is 10. The number of Topliss-reactive ketones (excluding diaryl/α,β-unsaturated/α-hetero) is 1. The van der Waals surface area contributed by atoms with Crippen molar-refractivity contribution in [1.29, 1.82) is 0 Å². The Kier molecular flexibility index (Phi) is 16.4. The van der Waals surface area contributed by atoms with Gasteiger partial charge in [0.2, 0.25) is 0 Å². The van der Waals surface area contributed by atoms with E-state index in [0.717, 1.165) is 12.8 Å². The largest absolute Gasteiger partial charge is 0.481 e. The first-order chi connectivity index (χ1) is 11.2. The zero-order chi connectivity index (χ0) is 17.2. The van der Waals surface area contributed by atoms with Gasteiger partial charge in [0.05, 0.1) is 0 Å². The smallest absolute Gasteiger partial charge is 0.303 e. The van der Waals surface area contributed by atoms with Crippen molar-refractivity contribution in [3.05, 3.63) is 12.2 Å². The number of allylic oxidation sites excluding steroid dienone is 2. The van der Waals surface area contributed by atoms with Crippen LogP contribution in [0.5, 0.6) is 0 Å². The van der Waals surface area contributed by atoms with Gasteiger partial charge in [0.25, 0.3) is 0 Å². The van der Waals surface area contributed by atoms with E-state index in [9.17, 15) is 9.59 Å². The van der Waals surface area contributed by atoms with Gasteiger partial charge >= 0.3 is 5.97 Å². The number of rotatable bonds is 17. The summed E-state index contributed by atoms with van der Waals surface area (Å²) in [6, 6.07) is 0. The molecule has 23 heavy (non-hydrogen) atoms. The fourth-order valence-electron chi connectivity index (χ4n) is 2.62. The second-order valence-corrected chi connectivity index (χ2v) is 6.43. The van der Waals surface area contributed by atoms with Crippen molar-refractivity contribution in [2.24, 2.45) is 0 Å². The second-order valence-electron chi connectivity index (χ2n) is 6.43. The highest BCUT2D eigenvalue weighted by molar-refractivity contribution is 5.79. The second kappa shape index (κ2) is 17.2. The van der Waals surface area contributed by atoms with E-state index in [1.807, 2.05) is 12.2 Å². The lowest BCUT2D eigenvalue weighted by molar-refractivity contribution is -0.137. The minimum Gasteiger partial charge on any atom is -0.481 e. The van der Waals surface area contributed by atoms with Crippen LogP contribution in [-0.4, -0.2) is 16.9 Å². The number of carboxylic acid groups (broad SMARTS) is 1. The fraction of sp³-hybridized carbons (Fsp3) is 0.800. The lowest BCUT2D eigenvalue weighted by Crippen LogP contribution is -1.95. The standard InChI is InChI=1S/C20H36O3/c1-2-3-4-5-6-7-8-9-10-13-16-19(21)17-14-11-12-15-18-20(22)23/h11,14H,2-10,12-13,15-18H2,1H3,(H,22,23). The van der Waals surface area contributed by atoms with Gasteiger partial charge in [-0.05, 0) is 19.3 Å². The van der Waals surface area contributed by atoms with Gasteiger partial charge in [0, 0.05) is 19.3 Å². The Balaban J connectivity index is 3.27. The van der Waals surface area contributed by atoms with Gasteiger partial charge in [-0.1, -0.05) is 76.9 Å². The quantitative estimate of drug-likeness (QED) is 0.261. The van der Waals surface area contributed by atoms with Crippen molar-refractivity contribution >= 4 is 11.8 Å². The summed E-state index contributed by atoms with van der Waals surface area (Å²) in [6.45, 7) is 2.25. The third-order valence-electron chi connectivity index (χ3n) is 4.08. The molecule has 0 aromatic carbocycles. The molecule has 0 atom stereocenters. The van der Waals surface area contributed by atoms with Gasteiger partial charge in [0.15, 0.2) is 0 Å². The molecule has 0 saturated carbocycles. The highest BCUT2D eigenvalue weighted by Crippen LogP contribution is 2.11. The van der Waals surface area contributed by atoms with Crippen LogP contribution in [-0.2, 0) is 9.59 Å². The van der Waals surface area contributed by atoms with Crippen LogP contribution in [0, 0.1) is 0 Å². The van der Waals surface area contributed by atoms with E-state index in [2.05, 4.69) is 6.92 Å². The average molecular weight is 325 g/mol. The molecule has 0 aliphatic rings. The van der Waals surface area contributed by atoms with Crippen molar-refractivity contribution in [2.75, 3.05) is 0 Å². The molecule has 0 rings (SSSR count). The Morgan fingerprint density at radius 3 is 1.87 bits per heavy atom. The topological polar surface area (TPSA) is 54.4 Å². The van der Waals surface area contributed by atoms with Gasteiger partial charge < -0.3 is 5.11 Å². The molecule has 0 aromatic rings. The lowest BCUT2D eigenvalue weighted by Gasteiger charge is -2.02. The number of carbonyl (C=O) groups is 2. The molecule has 0 unspecified atom stereocenters. The molecule has 3 nitrogen and oxygen atoms in total. The first-order valence-electron chi connectivity index (χ1n) is 9.55. The number of hydrogen-bond acceptors (Lipinski definition) is 2. The maximum Gasteiger partial charge on any atom is 0.303 e. The molecule has 0 amide bonds. The van der Waals surface area contributed by atoms with Gasteiger partial charge in [0.1, 0.15) is 5.78 Å². The van der Waals surface area contributed by atoms with Crippen molar-refractivity contribution in [1.82, 2.24) is 0 Å². The molecule has 0 fully saturated rings. The van der Waals surface area contributed by atoms with E-state index in [1.165, 1.54) is 57.8 Å². The zero-order valence-electron chi connectivity index (χ0n) is 15.0. The third-order valence-corrected chi connectivity index (χ3v) is 4.08. The van der Waals surface area contributed by atoms with Crippen LogP contribution in [0.3, 0.4) is 0 Å². The van der Waals surface area contributed by atoms with Crippen LogP contribution in [0.25, 0.3) is 0 Å². The SMILES string of the molecule is CCCCCCCCCCCCC(=O)CC=CCCCC(=O)O. The minimum atomic E-state index is -0.754. The van der Waals surface area contributed by atoms with Crippen LogP contribution >= 0.6 is 0 Å². The molecule has 0 heterocycles. The molecular weight excluding hydrogens is 288 g/mol. The summed E-state index contributed by atoms with van der Waals surface area (Å²) in [6.07, 6.45) is 19.5. The van der Waals surface area contributed by atoms with Crippen molar-refractivity contribution in [3.63, 3.8) is 0 Å². The Morgan fingerprint density at radius 1 is 0.739 bits per heavy atom. The van der Waals surface area contributed by atoms with Gasteiger partial charge in [-0.15, -0.1) is 0 Å². The van der Waals surface area contributed by atoms with E-state index in [4.69, 9.17) is 5.11 Å². The zero-order valence-corrected chi connectivity index (χ0v) is 15.0. The van der Waals surface area contributed by atoms with Crippen molar-refractivity contribution < 1.29 is 14.7 Å². The molecule has 0 bridgehead atoms. The summed E-state index contributed by atoms with van der Waals surface area (Å²) < 4.78 is 0. The number of carboxylic acids is 1. The molecule has 0 saturated heterocycles. The number of carbonyl (C=O) groups excluding carboxylic acids is 1. The van der Waals surface area contributed by atoms with Gasteiger partial charge in [-0.2, -0.15) is 0 Å². The van der Waals surface area contributed by atoms with Crippen LogP contribution in [0.4, 0.5) is 0 Å². The van der Waals surface area contributed by atoms with E-state index in [0.29, 0.717) is 25.0 Å². The van der Waals surface area contributed by atoms with E-state index >= 15 is 0 Å². The summed E-state index contributed by atoms with van der Waals surface area (Å²) in [5.41, 5.74) is 0. The minimum absolute atomic E-state index is 0.205. The predicted octanol–water partition coefficient (Wildman–Crippen LogP) is 6.07. The molecular formula is C20H36O3. The van der Waals surface area contributed by atoms with Gasteiger partial charge in [-0.3, -0.25) is 9.59 Å². The number of hydrogen-bond donors (Lipinski definition) is 1. The normalized spacial score (nSPS) is 11.2. The molecule has 1 N–H and O–H groups in total. The average Bonchev–Trinajstić information content (AvgIpc) is 2.52. The summed E-state index contributed by atoms with van der Waals surface area (Å²) >= 11 is 0. The monoisotopic (exact) mass is 324 g/mol. The van der Waals surface area contributed by atoms with E-state index < -0.39 is 5.97 Å². The molecule has 3 heteroatoms. The summed E-state index contributed by atoms with van der Waals surface area (Å²) in [4.78, 5) is 22.0. The Hall–Kier alpha value is -1.12. The molecule has 0 aliphatic carbocycles. The highest BCUT2D eigenvalue weighted by atomic mass is 16.4. The van der Waals surface area contributed by atoms with Crippen LogP contribution in [0.15, 0.2) is 12.2 Å². The highest BCUT2D eigenvalue weighted by Gasteiger charge is 1.99. The molecule has 0 aromatic heterocycles. The Morgan fingerprint density at radius 2 is 1.30 bits per heavy atom. The van der Waals surface area contributed by atoms with Gasteiger partial charge in [-0.25, -0.2) is 0 Å². The maximum absolute atomic E-state index is 11.7. The predicted molar refractivity (Wildman–Crippen MR) is 96.7 cm³/mol. The summed E-state index contributed by atoms with van der Waals surface area (Å²) in [5, 5.41) is 8.50. The molecule has 0 aliphatic heterocycles. The Labute approximate surface area is 142 Å². The maximum atomic E-state index is 11.7. The third kappa shape index (κ3) is 18.8. The molecule has 134 valence electrons. The van der Waals surface area contributed by atoms with E-state index in [-0.39, 0.29) is 6.42 Å². The molecule has 0 radical (unpaired) electrons. The first-order valence-corrected chi connectivity index (χ1v) is 9.55. The van der Waals surface area contributed by atoms with Crippen LogP contribution in [0.1, 0.15) is 103 Å². The van der Waals surface area contributed by atoms with Crippen LogP contribution in [0.2, 0.25) is 0 Å². The van der Waals surface area contributed by atoms with Crippen LogP contribution < -0.4 is 0 Å². The Bertz CT molecular complexity index is 321. The van der Waals surface area contributed by atoms with E-state index in [1.54, 1.807) is 0 Å². The first kappa shape index (κ1) is 21.9. The molecule has 0 spiro atoms. The lowest BCUT2D eigenvalue weighted by atomic mass is 10.0. The summed E-state index contributed by atoms with van der Waals surface area (Å²) in [7, 11) is 0. The van der Waals surface area contributed by atoms with Crippen molar-refractivity contribution in [2.45, 2.75) is 103 Å². The fourth-order valence-corrected chi connectivity index (χ4v) is 2.62.